The zero-order valence-corrected chi connectivity index (χ0v) is 10.9. The fourth-order valence-corrected chi connectivity index (χ4v) is 1.62. The van der Waals surface area contributed by atoms with E-state index in [4.69, 9.17) is 9.47 Å². The van der Waals surface area contributed by atoms with Gasteiger partial charge >= 0.3 is 20.4 Å². The van der Waals surface area contributed by atoms with Gasteiger partial charge in [-0.2, -0.15) is 25.3 Å². The van der Waals surface area contributed by atoms with Gasteiger partial charge in [-0.05, 0) is 17.4 Å². The molecule has 0 unspecified atom stereocenters. The molecule has 0 spiro atoms. The Kier molecular flexibility index (Phi) is 5.22. The molecule has 17 heavy (non-hydrogen) atoms. The van der Waals surface area contributed by atoms with Crippen molar-refractivity contribution < 1.29 is 29.9 Å². The molecule has 0 aliphatic heterocycles. The Bertz CT molecular complexity index is 438. The first-order valence-electron chi connectivity index (χ1n) is 4.93. The molecule has 0 aliphatic carbocycles. The molecule has 0 amide bonds. The normalized spacial score (nSPS) is 9.29. The van der Waals surface area contributed by atoms with Crippen LogP contribution in [0.1, 0.15) is 0 Å². The third-order valence-electron chi connectivity index (χ3n) is 2.36. The molecule has 0 bridgehead atoms. The quantitative estimate of drug-likeness (QED) is 0.638. The van der Waals surface area contributed by atoms with E-state index in [1.165, 1.54) is 0 Å². The maximum Gasteiger partial charge on any atom is 2.00 e. The summed E-state index contributed by atoms with van der Waals surface area (Å²) < 4.78 is 10.3. The number of para-hydroxylation sites is 2. The molecule has 0 atom stereocenters. The van der Waals surface area contributed by atoms with Crippen LogP contribution in [0.4, 0.5) is 0 Å². The Hall–Kier alpha value is -1.30. The third-order valence-corrected chi connectivity index (χ3v) is 2.36. The van der Waals surface area contributed by atoms with Crippen LogP contribution < -0.4 is 9.47 Å². The van der Waals surface area contributed by atoms with Gasteiger partial charge in [-0.1, -0.05) is 23.8 Å². The van der Waals surface area contributed by atoms with E-state index >= 15 is 0 Å². The summed E-state index contributed by atoms with van der Waals surface area (Å²) in [5.41, 5.74) is 1.90. The van der Waals surface area contributed by atoms with E-state index in [0.29, 0.717) is 5.75 Å². The molecule has 90 valence electrons. The Morgan fingerprint density at radius 2 is 1.76 bits per heavy atom. The average molecular weight is 319 g/mol. The van der Waals surface area contributed by atoms with E-state index in [2.05, 4.69) is 13.2 Å². The van der Waals surface area contributed by atoms with Gasteiger partial charge in [0, 0.05) is 0 Å². The van der Waals surface area contributed by atoms with Crippen molar-refractivity contribution in [1.29, 1.82) is 0 Å². The van der Waals surface area contributed by atoms with Crippen LogP contribution in [0.5, 0.6) is 11.5 Å². The first-order chi connectivity index (χ1) is 7.86. The number of methoxy groups -OCH3 is 1. The van der Waals surface area contributed by atoms with Crippen LogP contribution in [0.2, 0.25) is 0 Å². The zero-order valence-electron chi connectivity index (χ0n) is 9.38. The molecule has 0 aromatic heterocycles. The molecule has 3 heteroatoms. The Morgan fingerprint density at radius 1 is 1.06 bits per heavy atom. The zero-order chi connectivity index (χ0) is 11.4. The van der Waals surface area contributed by atoms with Crippen LogP contribution in [0, 0.1) is 13.2 Å². The average Bonchev–Trinajstić information content (AvgIpc) is 2.38. The van der Waals surface area contributed by atoms with E-state index in [1.807, 2.05) is 36.4 Å². The summed E-state index contributed by atoms with van der Waals surface area (Å²) in [7, 11) is 5.07. The molecule has 0 N–H and O–H groups in total. The summed E-state index contributed by atoms with van der Waals surface area (Å²) in [6, 6.07) is 16.4. The molecular formula is C14H12O2Pd. The molecule has 0 radical (unpaired) electrons. The Labute approximate surface area is 115 Å². The van der Waals surface area contributed by atoms with Crippen molar-refractivity contribution in [2.75, 3.05) is 7.11 Å². The second-order valence-corrected chi connectivity index (χ2v) is 3.26. The van der Waals surface area contributed by atoms with Crippen LogP contribution in [-0.2, 0) is 20.4 Å². The predicted molar refractivity (Wildman–Crippen MR) is 63.3 cm³/mol. The Morgan fingerprint density at radius 3 is 2.47 bits per heavy atom. The minimum absolute atomic E-state index is 0. The molecule has 0 aliphatic rings. The van der Waals surface area contributed by atoms with Crippen molar-refractivity contribution in [3.8, 4) is 22.6 Å². The first-order valence-corrected chi connectivity index (χ1v) is 4.93. The number of hydrogen-bond acceptors (Lipinski definition) is 2. The van der Waals surface area contributed by atoms with Gasteiger partial charge in [0.15, 0.2) is 0 Å². The fourth-order valence-electron chi connectivity index (χ4n) is 1.62. The van der Waals surface area contributed by atoms with Crippen LogP contribution in [0.25, 0.3) is 11.1 Å². The van der Waals surface area contributed by atoms with Gasteiger partial charge in [0.2, 0.25) is 0 Å². The third kappa shape index (κ3) is 2.88. The maximum atomic E-state index is 5.31. The van der Waals surface area contributed by atoms with Crippen LogP contribution in [0.15, 0.2) is 42.5 Å². The van der Waals surface area contributed by atoms with Gasteiger partial charge in [-0.25, -0.2) is 0 Å². The summed E-state index contributed by atoms with van der Waals surface area (Å²) in [6.07, 6.45) is 0. The maximum absolute atomic E-state index is 5.31. The van der Waals surface area contributed by atoms with E-state index in [-0.39, 0.29) is 20.4 Å². The van der Waals surface area contributed by atoms with E-state index in [0.717, 1.165) is 16.9 Å². The van der Waals surface area contributed by atoms with Gasteiger partial charge in [0.25, 0.3) is 0 Å². The molecule has 2 aromatic carbocycles. The predicted octanol–water partition coefficient (Wildman–Crippen LogP) is 3.33. The van der Waals surface area contributed by atoms with Crippen LogP contribution in [-0.4, -0.2) is 7.11 Å². The summed E-state index contributed by atoms with van der Waals surface area (Å²) in [5, 5.41) is 0. The minimum atomic E-state index is 0. The topological polar surface area (TPSA) is 18.5 Å². The monoisotopic (exact) mass is 318 g/mol. The summed E-state index contributed by atoms with van der Waals surface area (Å²) in [6.45, 7) is 0. The van der Waals surface area contributed by atoms with Gasteiger partial charge in [-0.3, -0.25) is 0 Å². The molecule has 2 aromatic rings. The number of rotatable bonds is 3. The van der Waals surface area contributed by atoms with Crippen molar-refractivity contribution >= 4 is 0 Å². The van der Waals surface area contributed by atoms with Crippen molar-refractivity contribution in [2.24, 2.45) is 0 Å². The second-order valence-electron chi connectivity index (χ2n) is 3.26. The molecule has 2 rings (SSSR count). The van der Waals surface area contributed by atoms with Gasteiger partial charge < -0.3 is 9.47 Å². The standard InChI is InChI=1S/C14H12O2.Pd/c1-15-13-9-5-3-7-11(13)12-8-4-6-10-14(12)16-2;/h3-8,10H,1H2,2H3;/q-2;+2. The molecular weight excluding hydrogens is 307 g/mol. The van der Waals surface area contributed by atoms with Crippen molar-refractivity contribution in [3.05, 3.63) is 55.6 Å². The SMILES string of the molecule is [CH2-]Oc1[c-]cccc1-c1ccccc1OC.[Pd+2]. The smallest absolute Gasteiger partial charge is 0.682 e. The molecule has 0 saturated carbocycles. The fraction of sp³-hybridized carbons (Fsp3) is 0.0714. The first kappa shape index (κ1) is 13.8. The molecule has 0 fully saturated rings. The van der Waals surface area contributed by atoms with Gasteiger partial charge in [0.1, 0.15) is 5.75 Å². The largest absolute Gasteiger partial charge is 2.00 e. The van der Waals surface area contributed by atoms with Crippen LogP contribution in [0.3, 0.4) is 0 Å². The van der Waals surface area contributed by atoms with E-state index in [1.54, 1.807) is 13.2 Å². The summed E-state index contributed by atoms with van der Waals surface area (Å²) >= 11 is 0. The summed E-state index contributed by atoms with van der Waals surface area (Å²) in [5.74, 6) is 1.42. The van der Waals surface area contributed by atoms with Gasteiger partial charge in [0.05, 0.1) is 7.11 Å². The number of ether oxygens (including phenoxy) is 2. The summed E-state index contributed by atoms with van der Waals surface area (Å²) in [4.78, 5) is 0. The second kappa shape index (κ2) is 6.44. The molecule has 0 heterocycles. The van der Waals surface area contributed by atoms with E-state index < -0.39 is 0 Å². The van der Waals surface area contributed by atoms with Crippen LogP contribution >= 0.6 is 0 Å². The van der Waals surface area contributed by atoms with Crippen molar-refractivity contribution in [3.63, 3.8) is 0 Å². The van der Waals surface area contributed by atoms with Crippen molar-refractivity contribution in [2.45, 2.75) is 0 Å². The van der Waals surface area contributed by atoms with Crippen molar-refractivity contribution in [1.82, 2.24) is 0 Å². The number of hydrogen-bond donors (Lipinski definition) is 0. The van der Waals surface area contributed by atoms with E-state index in [9.17, 15) is 0 Å². The molecule has 0 saturated heterocycles. The number of benzene rings is 2. The minimum Gasteiger partial charge on any atom is -0.682 e. The van der Waals surface area contributed by atoms with Gasteiger partial charge in [-0.15, -0.1) is 6.07 Å². The molecule has 2 nitrogen and oxygen atoms in total. The Balaban J connectivity index is 0.00000144.